The second-order valence-electron chi connectivity index (χ2n) is 6.15. The number of nitrogens with one attached hydrogen (secondary N) is 3. The molecule has 0 aromatic heterocycles. The van der Waals surface area contributed by atoms with Gasteiger partial charge in [0.1, 0.15) is 17.4 Å². The van der Waals surface area contributed by atoms with Crippen LogP contribution in [0.2, 0.25) is 0 Å². The van der Waals surface area contributed by atoms with Gasteiger partial charge in [-0.3, -0.25) is 5.43 Å². The summed E-state index contributed by atoms with van der Waals surface area (Å²) in [4.78, 5) is 0. The molecule has 2 aliphatic heterocycles. The number of hydrazine groups is 1. The molecule has 0 unspecified atom stereocenters. The molecule has 0 amide bonds. The lowest BCUT2D eigenvalue weighted by Crippen LogP contribution is -2.41. The highest BCUT2D eigenvalue weighted by atomic mass is 19.4. The SMILES string of the molecule is FC(F)(F)Oc1cccc(C2=CNC3=CC=C(NCC4CC4)NN32)c1. The van der Waals surface area contributed by atoms with Crippen molar-refractivity contribution in [3.05, 3.63) is 59.8 Å². The molecule has 8 heteroatoms. The van der Waals surface area contributed by atoms with E-state index in [1.165, 1.54) is 31.0 Å². The molecule has 1 fully saturated rings. The lowest BCUT2D eigenvalue weighted by atomic mass is 10.1. The molecular formula is C17H17F3N4O. The molecule has 25 heavy (non-hydrogen) atoms. The first kappa shape index (κ1) is 15.7. The fourth-order valence-electron chi connectivity index (χ4n) is 2.70. The predicted octanol–water partition coefficient (Wildman–Crippen LogP) is 2.99. The van der Waals surface area contributed by atoms with Crippen LogP contribution < -0.4 is 20.8 Å². The van der Waals surface area contributed by atoms with Crippen LogP contribution in [0.4, 0.5) is 13.2 Å². The van der Waals surface area contributed by atoms with E-state index in [4.69, 9.17) is 0 Å². The van der Waals surface area contributed by atoms with Gasteiger partial charge in [-0.1, -0.05) is 12.1 Å². The minimum Gasteiger partial charge on any atom is -0.406 e. The Kier molecular flexibility index (Phi) is 3.74. The van der Waals surface area contributed by atoms with E-state index in [1.807, 2.05) is 12.2 Å². The number of rotatable bonds is 5. The maximum atomic E-state index is 12.4. The van der Waals surface area contributed by atoms with Crippen molar-refractivity contribution in [2.45, 2.75) is 19.2 Å². The van der Waals surface area contributed by atoms with Gasteiger partial charge in [0.2, 0.25) is 0 Å². The lowest BCUT2D eigenvalue weighted by Gasteiger charge is -2.29. The Morgan fingerprint density at radius 3 is 2.84 bits per heavy atom. The summed E-state index contributed by atoms with van der Waals surface area (Å²) in [6.07, 6.45) is 3.38. The first-order valence-corrected chi connectivity index (χ1v) is 8.03. The van der Waals surface area contributed by atoms with Gasteiger partial charge in [-0.15, -0.1) is 13.2 Å². The van der Waals surface area contributed by atoms with E-state index in [-0.39, 0.29) is 5.75 Å². The van der Waals surface area contributed by atoms with E-state index in [2.05, 4.69) is 20.8 Å². The van der Waals surface area contributed by atoms with Gasteiger partial charge in [0.15, 0.2) is 0 Å². The molecule has 2 heterocycles. The van der Waals surface area contributed by atoms with Gasteiger partial charge in [-0.05, 0) is 43.0 Å². The molecule has 1 saturated carbocycles. The highest BCUT2D eigenvalue weighted by molar-refractivity contribution is 5.69. The van der Waals surface area contributed by atoms with Crippen molar-refractivity contribution < 1.29 is 17.9 Å². The molecule has 5 nitrogen and oxygen atoms in total. The lowest BCUT2D eigenvalue weighted by molar-refractivity contribution is -0.274. The molecule has 1 aliphatic carbocycles. The first-order chi connectivity index (χ1) is 12.0. The van der Waals surface area contributed by atoms with E-state index >= 15 is 0 Å². The molecule has 0 spiro atoms. The Hall–Kier alpha value is -2.77. The minimum absolute atomic E-state index is 0.247. The quantitative estimate of drug-likeness (QED) is 0.762. The van der Waals surface area contributed by atoms with Crippen LogP contribution >= 0.6 is 0 Å². The number of halogens is 3. The Labute approximate surface area is 142 Å². The molecule has 1 aromatic carbocycles. The number of hydrogen-bond donors (Lipinski definition) is 3. The topological polar surface area (TPSA) is 48.6 Å². The Morgan fingerprint density at radius 2 is 2.08 bits per heavy atom. The molecular weight excluding hydrogens is 333 g/mol. The predicted molar refractivity (Wildman–Crippen MR) is 86.1 cm³/mol. The highest BCUT2D eigenvalue weighted by Gasteiger charge is 2.32. The van der Waals surface area contributed by atoms with E-state index in [9.17, 15) is 13.2 Å². The summed E-state index contributed by atoms with van der Waals surface area (Å²) in [5.74, 6) is 2.14. The minimum atomic E-state index is -4.71. The second-order valence-corrected chi connectivity index (χ2v) is 6.15. The van der Waals surface area contributed by atoms with Gasteiger partial charge >= 0.3 is 6.36 Å². The van der Waals surface area contributed by atoms with Crippen LogP contribution in [0.1, 0.15) is 18.4 Å². The number of allylic oxidation sites excluding steroid dienone is 2. The molecule has 0 bridgehead atoms. The van der Waals surface area contributed by atoms with Crippen LogP contribution in [0.25, 0.3) is 5.70 Å². The summed E-state index contributed by atoms with van der Waals surface area (Å²) >= 11 is 0. The maximum Gasteiger partial charge on any atom is 0.573 e. The van der Waals surface area contributed by atoms with Crippen LogP contribution in [0.3, 0.4) is 0 Å². The van der Waals surface area contributed by atoms with Crippen molar-refractivity contribution >= 4 is 5.70 Å². The number of ether oxygens (including phenoxy) is 1. The summed E-state index contributed by atoms with van der Waals surface area (Å²) < 4.78 is 41.3. The largest absolute Gasteiger partial charge is 0.573 e. The maximum absolute atomic E-state index is 12.4. The van der Waals surface area contributed by atoms with Crippen molar-refractivity contribution in [3.63, 3.8) is 0 Å². The standard InChI is InChI=1S/C17H17F3N4O/c18-17(19,20)25-13-3-1-2-12(8-13)14-10-22-16-7-6-15(23-24(14)16)21-9-11-4-5-11/h1-3,6-8,10-11,21-23H,4-5,9H2. The number of alkyl halides is 3. The smallest absolute Gasteiger partial charge is 0.406 e. The van der Waals surface area contributed by atoms with E-state index in [0.717, 1.165) is 24.1 Å². The number of hydrogen-bond acceptors (Lipinski definition) is 5. The summed E-state index contributed by atoms with van der Waals surface area (Å²) in [5.41, 5.74) is 4.55. The third-order valence-electron chi connectivity index (χ3n) is 4.12. The van der Waals surface area contributed by atoms with Crippen molar-refractivity contribution in [3.8, 4) is 5.75 Å². The Bertz CT molecular complexity index is 765. The van der Waals surface area contributed by atoms with Crippen LogP contribution in [0.5, 0.6) is 5.75 Å². The normalized spacial score (nSPS) is 19.2. The van der Waals surface area contributed by atoms with Gasteiger partial charge in [0.25, 0.3) is 0 Å². The van der Waals surface area contributed by atoms with E-state index in [0.29, 0.717) is 11.3 Å². The monoisotopic (exact) mass is 350 g/mol. The summed E-state index contributed by atoms with van der Waals surface area (Å²) in [6, 6.07) is 5.91. The van der Waals surface area contributed by atoms with Crippen molar-refractivity contribution in [1.29, 1.82) is 0 Å². The highest BCUT2D eigenvalue weighted by Crippen LogP contribution is 2.31. The van der Waals surface area contributed by atoms with Crippen LogP contribution in [-0.4, -0.2) is 17.9 Å². The van der Waals surface area contributed by atoms with Gasteiger partial charge in [-0.2, -0.15) is 0 Å². The van der Waals surface area contributed by atoms with Crippen molar-refractivity contribution in [1.82, 2.24) is 21.1 Å². The van der Waals surface area contributed by atoms with E-state index < -0.39 is 6.36 Å². The molecule has 4 rings (SSSR count). The first-order valence-electron chi connectivity index (χ1n) is 8.03. The summed E-state index contributed by atoms with van der Waals surface area (Å²) in [6.45, 7) is 0.914. The van der Waals surface area contributed by atoms with Gasteiger partial charge in [0.05, 0.1) is 5.70 Å². The summed E-state index contributed by atoms with van der Waals surface area (Å²) in [7, 11) is 0. The van der Waals surface area contributed by atoms with Gasteiger partial charge in [0, 0.05) is 18.3 Å². The zero-order chi connectivity index (χ0) is 17.4. The third kappa shape index (κ3) is 3.67. The molecule has 0 saturated heterocycles. The van der Waals surface area contributed by atoms with E-state index in [1.54, 1.807) is 17.3 Å². The molecule has 0 radical (unpaired) electrons. The van der Waals surface area contributed by atoms with Crippen molar-refractivity contribution in [2.75, 3.05) is 6.54 Å². The number of nitrogens with zero attached hydrogens (tertiary/aromatic N) is 1. The van der Waals surface area contributed by atoms with Crippen LogP contribution in [-0.2, 0) is 0 Å². The van der Waals surface area contributed by atoms with Crippen molar-refractivity contribution in [2.24, 2.45) is 5.92 Å². The molecule has 3 aliphatic rings. The Balaban J connectivity index is 1.49. The van der Waals surface area contributed by atoms with Gasteiger partial charge in [-0.25, -0.2) is 5.01 Å². The fraction of sp³-hybridized carbons (Fsp3) is 0.294. The zero-order valence-corrected chi connectivity index (χ0v) is 13.2. The average molecular weight is 350 g/mol. The fourth-order valence-corrected chi connectivity index (χ4v) is 2.70. The Morgan fingerprint density at radius 1 is 1.24 bits per heavy atom. The summed E-state index contributed by atoms with van der Waals surface area (Å²) in [5, 5.41) is 8.24. The molecule has 0 atom stereocenters. The number of benzene rings is 1. The second kappa shape index (κ2) is 5.94. The average Bonchev–Trinajstić information content (AvgIpc) is 3.29. The van der Waals surface area contributed by atoms with Crippen LogP contribution in [0, 0.1) is 5.92 Å². The van der Waals surface area contributed by atoms with Gasteiger partial charge < -0.3 is 15.4 Å². The molecule has 132 valence electrons. The number of fused-ring (bicyclic) bond motifs is 1. The molecule has 1 aromatic rings. The zero-order valence-electron chi connectivity index (χ0n) is 13.2. The van der Waals surface area contributed by atoms with Crippen LogP contribution in [0.15, 0.2) is 54.3 Å². The third-order valence-corrected chi connectivity index (χ3v) is 4.12. The molecule has 3 N–H and O–H groups in total.